The van der Waals surface area contributed by atoms with Crippen molar-refractivity contribution in [2.45, 2.75) is 52.7 Å². The molecule has 0 bridgehead atoms. The minimum atomic E-state index is -0.337. The summed E-state index contributed by atoms with van der Waals surface area (Å²) in [6, 6.07) is 0. The summed E-state index contributed by atoms with van der Waals surface area (Å²) in [6.07, 6.45) is 3.40. The molecule has 0 aromatic heterocycles. The third-order valence-corrected chi connectivity index (χ3v) is 3.61. The molecule has 13 heavy (non-hydrogen) atoms. The highest BCUT2D eigenvalue weighted by molar-refractivity contribution is 5.98. The normalized spacial score (nSPS) is 18.5. The van der Waals surface area contributed by atoms with Crippen molar-refractivity contribution in [3.8, 4) is 0 Å². The number of hydrogen-bond acceptors (Lipinski definition) is 2. The molecular weight excluding hydrogens is 180 g/mol. The molecule has 0 aromatic rings. The van der Waals surface area contributed by atoms with E-state index in [1.807, 2.05) is 0 Å². The third kappa shape index (κ3) is 4.25. The van der Waals surface area contributed by atoms with E-state index >= 15 is 0 Å². The molecule has 0 aliphatic carbocycles. The van der Waals surface area contributed by atoms with Gasteiger partial charge in [0.05, 0.1) is 0 Å². The predicted octanol–water partition coefficient (Wildman–Crippen LogP) is 1.86. The van der Waals surface area contributed by atoms with Crippen molar-refractivity contribution in [3.63, 3.8) is 0 Å². The van der Waals surface area contributed by atoms with Crippen molar-refractivity contribution < 1.29 is 9.16 Å². The van der Waals surface area contributed by atoms with Crippen molar-refractivity contribution in [1.29, 1.82) is 0 Å². The van der Waals surface area contributed by atoms with Crippen molar-refractivity contribution in [1.82, 2.24) is 0 Å². The summed E-state index contributed by atoms with van der Waals surface area (Å²) >= 11 is 0. The molecular formula is C10H24O2Si. The fraction of sp³-hybridized carbons (Fsp3) is 1.00. The zero-order valence-corrected chi connectivity index (χ0v) is 11.7. The van der Waals surface area contributed by atoms with Crippen LogP contribution < -0.4 is 0 Å². The van der Waals surface area contributed by atoms with Crippen LogP contribution in [0.25, 0.3) is 0 Å². The van der Waals surface area contributed by atoms with Crippen LogP contribution in [0.15, 0.2) is 0 Å². The van der Waals surface area contributed by atoms with Gasteiger partial charge in [0.25, 0.3) is 0 Å². The smallest absolute Gasteiger partial charge is 0.157 e. The molecule has 2 atom stereocenters. The number of unbranched alkanes of at least 4 members (excludes halogenated alkanes) is 1. The Bertz CT molecular complexity index is 130. The predicted molar refractivity (Wildman–Crippen MR) is 59.7 cm³/mol. The second-order valence-corrected chi connectivity index (χ2v) is 4.14. The average Bonchev–Trinajstić information content (AvgIpc) is 2.16. The molecule has 0 radical (unpaired) electrons. The van der Waals surface area contributed by atoms with Crippen molar-refractivity contribution >= 4 is 10.5 Å². The van der Waals surface area contributed by atoms with Gasteiger partial charge in [0.15, 0.2) is 5.79 Å². The Balaban J connectivity index is 3.95. The molecule has 0 heterocycles. The molecule has 3 heteroatoms. The Labute approximate surface area is 85.5 Å². The van der Waals surface area contributed by atoms with Gasteiger partial charge >= 0.3 is 0 Å². The van der Waals surface area contributed by atoms with Gasteiger partial charge in [0.1, 0.15) is 10.5 Å². The van der Waals surface area contributed by atoms with Crippen molar-refractivity contribution in [2.24, 2.45) is 5.92 Å². The highest BCUT2D eigenvalue weighted by Crippen LogP contribution is 2.25. The SMILES string of the molecule is CCCCOC(C)(O[SiH3])C(C)CC. The van der Waals surface area contributed by atoms with Gasteiger partial charge in [-0.1, -0.05) is 27.2 Å². The highest BCUT2D eigenvalue weighted by atomic mass is 28.2. The molecule has 0 fully saturated rings. The van der Waals surface area contributed by atoms with Gasteiger partial charge in [-0.05, 0) is 19.8 Å². The molecule has 0 aromatic carbocycles. The Morgan fingerprint density at radius 3 is 2.38 bits per heavy atom. The summed E-state index contributed by atoms with van der Waals surface area (Å²) < 4.78 is 11.3. The van der Waals surface area contributed by atoms with E-state index in [-0.39, 0.29) is 5.79 Å². The molecule has 0 amide bonds. The van der Waals surface area contributed by atoms with Crippen LogP contribution in [0.5, 0.6) is 0 Å². The molecule has 0 rings (SSSR count). The Hall–Kier alpha value is 0.137. The maximum Gasteiger partial charge on any atom is 0.157 e. The van der Waals surface area contributed by atoms with Crippen LogP contribution in [0.3, 0.4) is 0 Å². The molecule has 0 aliphatic rings. The van der Waals surface area contributed by atoms with E-state index in [1.54, 1.807) is 0 Å². The van der Waals surface area contributed by atoms with E-state index in [1.165, 1.54) is 6.42 Å². The summed E-state index contributed by atoms with van der Waals surface area (Å²) in [7, 11) is 0.742. The lowest BCUT2D eigenvalue weighted by atomic mass is 10.00. The minimum absolute atomic E-state index is 0.337. The molecule has 0 N–H and O–H groups in total. The van der Waals surface area contributed by atoms with E-state index in [0.29, 0.717) is 5.92 Å². The van der Waals surface area contributed by atoms with E-state index in [2.05, 4.69) is 27.7 Å². The average molecular weight is 204 g/mol. The van der Waals surface area contributed by atoms with Crippen LogP contribution in [0.4, 0.5) is 0 Å². The zero-order chi connectivity index (χ0) is 10.3. The number of hydrogen-bond donors (Lipinski definition) is 0. The first-order valence-electron chi connectivity index (χ1n) is 5.29. The summed E-state index contributed by atoms with van der Waals surface area (Å²) in [5.41, 5.74) is 0. The molecule has 0 aliphatic heterocycles. The Morgan fingerprint density at radius 1 is 1.38 bits per heavy atom. The van der Waals surface area contributed by atoms with Gasteiger partial charge in [0.2, 0.25) is 0 Å². The summed E-state index contributed by atoms with van der Waals surface area (Å²) in [4.78, 5) is 0. The van der Waals surface area contributed by atoms with Crippen molar-refractivity contribution in [3.05, 3.63) is 0 Å². The van der Waals surface area contributed by atoms with Gasteiger partial charge in [-0.3, -0.25) is 0 Å². The quantitative estimate of drug-likeness (QED) is 0.358. The van der Waals surface area contributed by atoms with Crippen molar-refractivity contribution in [2.75, 3.05) is 6.61 Å². The Kier molecular flexibility index (Phi) is 6.64. The maximum atomic E-state index is 5.78. The number of rotatable bonds is 7. The van der Waals surface area contributed by atoms with Gasteiger partial charge in [-0.2, -0.15) is 0 Å². The summed E-state index contributed by atoms with van der Waals surface area (Å²) in [6.45, 7) is 9.41. The van der Waals surface area contributed by atoms with Crippen LogP contribution in [0.2, 0.25) is 0 Å². The largest absolute Gasteiger partial charge is 0.401 e. The number of ether oxygens (including phenoxy) is 1. The molecule has 2 nitrogen and oxygen atoms in total. The fourth-order valence-electron chi connectivity index (χ4n) is 1.19. The molecule has 0 saturated heterocycles. The molecule has 0 saturated carbocycles. The van der Waals surface area contributed by atoms with Crippen LogP contribution in [-0.2, 0) is 9.16 Å². The van der Waals surface area contributed by atoms with E-state index in [0.717, 1.165) is 29.9 Å². The van der Waals surface area contributed by atoms with E-state index in [4.69, 9.17) is 9.16 Å². The van der Waals surface area contributed by atoms with E-state index in [9.17, 15) is 0 Å². The van der Waals surface area contributed by atoms with Crippen LogP contribution >= 0.6 is 0 Å². The first-order valence-corrected chi connectivity index (χ1v) is 6.11. The lowest BCUT2D eigenvalue weighted by molar-refractivity contribution is -0.200. The monoisotopic (exact) mass is 204 g/mol. The van der Waals surface area contributed by atoms with Crippen LogP contribution in [-0.4, -0.2) is 22.9 Å². The van der Waals surface area contributed by atoms with Gasteiger partial charge in [-0.15, -0.1) is 0 Å². The van der Waals surface area contributed by atoms with Gasteiger partial charge in [-0.25, -0.2) is 0 Å². The minimum Gasteiger partial charge on any atom is -0.401 e. The Morgan fingerprint density at radius 2 is 2.00 bits per heavy atom. The molecule has 80 valence electrons. The first kappa shape index (κ1) is 13.1. The standard InChI is InChI=1S/C10H24O2Si/c1-5-7-8-11-10(4,12-13)9(3)6-2/h9H,5-8H2,1-4,13H3. The summed E-state index contributed by atoms with van der Waals surface area (Å²) in [5, 5.41) is 0. The maximum absolute atomic E-state index is 5.78. The summed E-state index contributed by atoms with van der Waals surface area (Å²) in [5.74, 6) is 0.137. The lowest BCUT2D eigenvalue weighted by Gasteiger charge is -2.34. The first-order chi connectivity index (χ1) is 6.10. The van der Waals surface area contributed by atoms with Crippen LogP contribution in [0, 0.1) is 5.92 Å². The topological polar surface area (TPSA) is 18.5 Å². The van der Waals surface area contributed by atoms with Gasteiger partial charge in [0, 0.05) is 12.5 Å². The second kappa shape index (κ2) is 6.57. The molecule has 2 unspecified atom stereocenters. The zero-order valence-electron chi connectivity index (χ0n) is 9.72. The lowest BCUT2D eigenvalue weighted by Crippen LogP contribution is -2.38. The van der Waals surface area contributed by atoms with Gasteiger partial charge < -0.3 is 9.16 Å². The fourth-order valence-corrected chi connectivity index (χ4v) is 1.71. The molecule has 0 spiro atoms. The van der Waals surface area contributed by atoms with E-state index < -0.39 is 0 Å². The third-order valence-electron chi connectivity index (χ3n) is 2.80. The highest BCUT2D eigenvalue weighted by Gasteiger charge is 2.29. The second-order valence-electron chi connectivity index (χ2n) is 3.73. The van der Waals surface area contributed by atoms with Crippen LogP contribution in [0.1, 0.15) is 47.0 Å².